The molecule has 0 atom stereocenters. The maximum atomic E-state index is 10.8. The lowest BCUT2D eigenvalue weighted by Gasteiger charge is -2.26. The second-order valence-corrected chi connectivity index (χ2v) is 4.76. The van der Waals surface area contributed by atoms with Crippen LogP contribution in [0, 0.1) is 0 Å². The minimum Gasteiger partial charge on any atom is -0.497 e. The summed E-state index contributed by atoms with van der Waals surface area (Å²) in [5.74, 6) is 0.0384. The summed E-state index contributed by atoms with van der Waals surface area (Å²) in [5.41, 5.74) is 2.18. The Bertz CT molecular complexity index is 462. The van der Waals surface area contributed by atoms with Crippen LogP contribution in [0.15, 0.2) is 18.2 Å². The molecule has 0 unspecified atom stereocenters. The lowest BCUT2D eigenvalue weighted by atomic mass is 10.2. The van der Waals surface area contributed by atoms with E-state index in [4.69, 9.17) is 9.84 Å². The largest absolute Gasteiger partial charge is 0.497 e. The van der Waals surface area contributed by atoms with Gasteiger partial charge in [-0.15, -0.1) is 0 Å². The Morgan fingerprint density at radius 2 is 2.16 bits per heavy atom. The second-order valence-electron chi connectivity index (χ2n) is 4.76. The van der Waals surface area contributed by atoms with Gasteiger partial charge in [0.2, 0.25) is 0 Å². The van der Waals surface area contributed by atoms with Gasteiger partial charge < -0.3 is 19.6 Å². The topological polar surface area (TPSA) is 53.0 Å². The monoisotopic (exact) mass is 264 g/mol. The molecule has 1 aliphatic heterocycles. The molecule has 0 saturated heterocycles. The van der Waals surface area contributed by atoms with Crippen LogP contribution < -0.4 is 14.5 Å². The van der Waals surface area contributed by atoms with Crippen LogP contribution in [0.4, 0.5) is 11.4 Å². The third-order valence-corrected chi connectivity index (χ3v) is 3.45. The van der Waals surface area contributed by atoms with Crippen LogP contribution in [0.5, 0.6) is 5.75 Å². The Morgan fingerprint density at radius 1 is 1.37 bits per heavy atom. The number of carboxylic acids is 1. The maximum Gasteiger partial charge on any atom is 0.305 e. The first-order valence-electron chi connectivity index (χ1n) is 6.47. The highest BCUT2D eigenvalue weighted by Gasteiger charge is 2.19. The van der Waals surface area contributed by atoms with E-state index in [1.165, 1.54) is 0 Å². The van der Waals surface area contributed by atoms with Gasteiger partial charge in [-0.25, -0.2) is 0 Å². The van der Waals surface area contributed by atoms with Crippen molar-refractivity contribution in [1.82, 2.24) is 0 Å². The molecule has 5 heteroatoms. The molecule has 0 amide bonds. The number of hydrogen-bond acceptors (Lipinski definition) is 4. The Morgan fingerprint density at radius 3 is 2.84 bits per heavy atom. The molecular weight excluding hydrogens is 244 g/mol. The zero-order chi connectivity index (χ0) is 13.8. The van der Waals surface area contributed by atoms with E-state index in [-0.39, 0.29) is 6.42 Å². The average molecular weight is 264 g/mol. The van der Waals surface area contributed by atoms with E-state index in [1.807, 2.05) is 18.2 Å². The normalized spacial score (nSPS) is 14.8. The molecule has 1 aromatic carbocycles. The SMILES string of the molecule is COc1ccc2c(c1)N(CCC(=O)O)CCCN2C. The molecule has 0 bridgehead atoms. The fourth-order valence-corrected chi connectivity index (χ4v) is 2.41. The molecule has 1 N–H and O–H groups in total. The lowest BCUT2D eigenvalue weighted by Crippen LogP contribution is -2.26. The highest BCUT2D eigenvalue weighted by molar-refractivity contribution is 5.75. The van der Waals surface area contributed by atoms with Gasteiger partial charge in [-0.3, -0.25) is 4.79 Å². The number of nitrogens with zero attached hydrogens (tertiary/aromatic N) is 2. The van der Waals surface area contributed by atoms with Crippen molar-refractivity contribution in [2.24, 2.45) is 0 Å². The Labute approximate surface area is 113 Å². The molecule has 2 rings (SSSR count). The summed E-state index contributed by atoms with van der Waals surface area (Å²) in [7, 11) is 3.70. The molecule has 1 aromatic rings. The highest BCUT2D eigenvalue weighted by Crippen LogP contribution is 2.34. The average Bonchev–Trinajstić information content (AvgIpc) is 2.55. The van der Waals surface area contributed by atoms with Crippen molar-refractivity contribution in [1.29, 1.82) is 0 Å². The summed E-state index contributed by atoms with van der Waals surface area (Å²) in [5, 5.41) is 8.85. The predicted octanol–water partition coefficient (Wildman–Crippen LogP) is 1.82. The van der Waals surface area contributed by atoms with Crippen molar-refractivity contribution < 1.29 is 14.6 Å². The summed E-state index contributed by atoms with van der Waals surface area (Å²) in [6, 6.07) is 5.96. The summed E-state index contributed by atoms with van der Waals surface area (Å²) < 4.78 is 5.27. The van der Waals surface area contributed by atoms with Gasteiger partial charge in [0.15, 0.2) is 0 Å². The van der Waals surface area contributed by atoms with Crippen molar-refractivity contribution in [2.75, 3.05) is 43.6 Å². The second kappa shape index (κ2) is 5.82. The fraction of sp³-hybridized carbons (Fsp3) is 0.500. The van der Waals surface area contributed by atoms with Crippen LogP contribution in [0.25, 0.3) is 0 Å². The molecule has 104 valence electrons. The highest BCUT2D eigenvalue weighted by atomic mass is 16.5. The molecule has 1 aliphatic rings. The van der Waals surface area contributed by atoms with Gasteiger partial charge in [-0.1, -0.05) is 0 Å². The van der Waals surface area contributed by atoms with Gasteiger partial charge in [0.05, 0.1) is 24.9 Å². The van der Waals surface area contributed by atoms with Crippen LogP contribution in [-0.2, 0) is 4.79 Å². The molecule has 1 heterocycles. The smallest absolute Gasteiger partial charge is 0.305 e. The van der Waals surface area contributed by atoms with E-state index in [1.54, 1.807) is 7.11 Å². The Kier molecular flexibility index (Phi) is 4.14. The summed E-state index contributed by atoms with van der Waals surface area (Å²) in [4.78, 5) is 15.1. The van der Waals surface area contributed by atoms with E-state index in [2.05, 4.69) is 16.8 Å². The van der Waals surface area contributed by atoms with Crippen LogP contribution in [0.3, 0.4) is 0 Å². The van der Waals surface area contributed by atoms with Gasteiger partial charge in [0.25, 0.3) is 0 Å². The number of carbonyl (C=O) groups is 1. The molecule has 0 fully saturated rings. The first-order valence-corrected chi connectivity index (χ1v) is 6.47. The molecule has 0 aromatic heterocycles. The van der Waals surface area contributed by atoms with E-state index in [9.17, 15) is 4.79 Å². The van der Waals surface area contributed by atoms with Crippen LogP contribution in [0.1, 0.15) is 12.8 Å². The third-order valence-electron chi connectivity index (χ3n) is 3.45. The third kappa shape index (κ3) is 3.10. The van der Waals surface area contributed by atoms with E-state index < -0.39 is 5.97 Å². The van der Waals surface area contributed by atoms with Crippen molar-refractivity contribution in [3.05, 3.63) is 18.2 Å². The number of fused-ring (bicyclic) bond motifs is 1. The molecule has 0 radical (unpaired) electrons. The minimum atomic E-state index is -0.762. The van der Waals surface area contributed by atoms with Gasteiger partial charge in [-0.05, 0) is 18.6 Å². The molecular formula is C14H20N2O3. The number of benzene rings is 1. The Hall–Kier alpha value is -1.91. The molecule has 5 nitrogen and oxygen atoms in total. The van der Waals surface area contributed by atoms with Gasteiger partial charge >= 0.3 is 5.97 Å². The van der Waals surface area contributed by atoms with Crippen LogP contribution in [0.2, 0.25) is 0 Å². The molecule has 19 heavy (non-hydrogen) atoms. The number of rotatable bonds is 4. The Balaban J connectivity index is 2.31. The summed E-state index contributed by atoms with van der Waals surface area (Å²) in [6.45, 7) is 2.38. The van der Waals surface area contributed by atoms with Crippen molar-refractivity contribution in [2.45, 2.75) is 12.8 Å². The number of ether oxygens (including phenoxy) is 1. The predicted molar refractivity (Wildman–Crippen MR) is 75.3 cm³/mol. The zero-order valence-corrected chi connectivity index (χ0v) is 11.4. The lowest BCUT2D eigenvalue weighted by molar-refractivity contribution is -0.136. The van der Waals surface area contributed by atoms with Crippen LogP contribution >= 0.6 is 0 Å². The fourth-order valence-electron chi connectivity index (χ4n) is 2.41. The van der Waals surface area contributed by atoms with Crippen LogP contribution in [-0.4, -0.2) is 44.9 Å². The van der Waals surface area contributed by atoms with Gasteiger partial charge in [0, 0.05) is 32.7 Å². The summed E-state index contributed by atoms with van der Waals surface area (Å²) >= 11 is 0. The summed E-state index contributed by atoms with van der Waals surface area (Å²) in [6.07, 6.45) is 1.17. The maximum absolute atomic E-state index is 10.8. The van der Waals surface area contributed by atoms with E-state index >= 15 is 0 Å². The zero-order valence-electron chi connectivity index (χ0n) is 11.4. The molecule has 0 aliphatic carbocycles. The standard InChI is InChI=1S/C14H20N2O3/c1-15-7-3-8-16(9-6-14(17)18)13-10-11(19-2)4-5-12(13)15/h4-5,10H,3,6-9H2,1-2H3,(H,17,18). The number of anilines is 2. The van der Waals surface area contributed by atoms with E-state index in [0.717, 1.165) is 36.6 Å². The number of methoxy groups -OCH3 is 1. The van der Waals surface area contributed by atoms with Gasteiger partial charge in [0.1, 0.15) is 5.75 Å². The molecule has 0 spiro atoms. The number of aliphatic carboxylic acids is 1. The molecule has 0 saturated carbocycles. The van der Waals surface area contributed by atoms with Gasteiger partial charge in [-0.2, -0.15) is 0 Å². The number of carboxylic acid groups (broad SMARTS) is 1. The first-order chi connectivity index (χ1) is 9.11. The van der Waals surface area contributed by atoms with Crippen molar-refractivity contribution in [3.63, 3.8) is 0 Å². The first kappa shape index (κ1) is 13.5. The van der Waals surface area contributed by atoms with Crippen molar-refractivity contribution in [3.8, 4) is 5.75 Å². The quantitative estimate of drug-likeness (QED) is 0.899. The van der Waals surface area contributed by atoms with E-state index in [0.29, 0.717) is 6.54 Å². The minimum absolute atomic E-state index is 0.153. The van der Waals surface area contributed by atoms with Crippen molar-refractivity contribution >= 4 is 17.3 Å². The number of hydrogen-bond donors (Lipinski definition) is 1.